The molecule has 0 saturated carbocycles. The Morgan fingerprint density at radius 3 is 2.55 bits per heavy atom. The van der Waals surface area contributed by atoms with Gasteiger partial charge in [0, 0.05) is 30.5 Å². The average molecular weight is 443 g/mol. The summed E-state index contributed by atoms with van der Waals surface area (Å²) in [5, 5.41) is 23.8. The van der Waals surface area contributed by atoms with Gasteiger partial charge in [-0.3, -0.25) is 0 Å². The summed E-state index contributed by atoms with van der Waals surface area (Å²) >= 11 is 0. The topological polar surface area (TPSA) is 110 Å². The quantitative estimate of drug-likeness (QED) is 0.357. The maximum Gasteiger partial charge on any atom is 0.331 e. The van der Waals surface area contributed by atoms with Gasteiger partial charge in [0.05, 0.1) is 11.9 Å². The molecule has 0 spiro atoms. The lowest BCUT2D eigenvalue weighted by Gasteiger charge is -2.12. The highest BCUT2D eigenvalue weighted by atomic mass is 16.4. The Morgan fingerprint density at radius 1 is 1.09 bits per heavy atom. The van der Waals surface area contributed by atoms with Crippen LogP contribution < -0.4 is 0 Å². The highest BCUT2D eigenvalue weighted by molar-refractivity contribution is 5.92. The number of aromatic nitrogens is 6. The molecule has 0 aliphatic carbocycles. The van der Waals surface area contributed by atoms with E-state index in [2.05, 4.69) is 37.1 Å². The van der Waals surface area contributed by atoms with E-state index in [0.717, 1.165) is 47.5 Å². The number of unbranched alkanes of at least 4 members (excludes halogenated alkanes) is 1. The van der Waals surface area contributed by atoms with E-state index in [-0.39, 0.29) is 0 Å². The highest BCUT2D eigenvalue weighted by Gasteiger charge is 2.14. The van der Waals surface area contributed by atoms with Crippen molar-refractivity contribution in [1.82, 2.24) is 30.2 Å². The summed E-state index contributed by atoms with van der Waals surface area (Å²) in [5.74, 6) is 0.645. The molecule has 33 heavy (non-hydrogen) atoms. The van der Waals surface area contributed by atoms with Crippen molar-refractivity contribution in [3.8, 4) is 11.4 Å². The number of aromatic amines is 1. The summed E-state index contributed by atoms with van der Waals surface area (Å²) in [5.41, 5.74) is 4.06. The number of hydrogen-bond acceptors (Lipinski definition) is 5. The Bertz CT molecular complexity index is 1210. The number of imidazole rings is 1. The van der Waals surface area contributed by atoms with Crippen molar-refractivity contribution < 1.29 is 9.90 Å². The van der Waals surface area contributed by atoms with Crippen molar-refractivity contribution in [2.45, 2.75) is 39.2 Å². The number of rotatable bonds is 10. The SMILES string of the molecule is CCCCc1ncc(C=C(Cc2ccccc2)C(=O)O)n1Cc1ccc(-c2nnn[nH]2)cc1. The third kappa shape index (κ3) is 5.60. The zero-order chi connectivity index (χ0) is 23.0. The van der Waals surface area contributed by atoms with E-state index in [1.54, 1.807) is 12.3 Å². The number of aliphatic carboxylic acids is 1. The van der Waals surface area contributed by atoms with Crippen LogP contribution in [0.2, 0.25) is 0 Å². The first-order valence-electron chi connectivity index (χ1n) is 11.0. The second-order valence-corrected chi connectivity index (χ2v) is 7.87. The molecule has 168 valence electrons. The monoisotopic (exact) mass is 442 g/mol. The Kier molecular flexibility index (Phi) is 7.04. The van der Waals surface area contributed by atoms with Crippen molar-refractivity contribution in [1.29, 1.82) is 0 Å². The van der Waals surface area contributed by atoms with Crippen LogP contribution >= 0.6 is 0 Å². The fourth-order valence-electron chi connectivity index (χ4n) is 3.68. The molecular weight excluding hydrogens is 416 g/mol. The van der Waals surface area contributed by atoms with Crippen LogP contribution in [0.1, 0.15) is 42.4 Å². The summed E-state index contributed by atoms with van der Waals surface area (Å²) in [7, 11) is 0. The van der Waals surface area contributed by atoms with Gasteiger partial charge < -0.3 is 9.67 Å². The smallest absolute Gasteiger partial charge is 0.331 e. The zero-order valence-corrected chi connectivity index (χ0v) is 18.5. The summed E-state index contributed by atoms with van der Waals surface area (Å²) in [6.07, 6.45) is 6.79. The summed E-state index contributed by atoms with van der Waals surface area (Å²) < 4.78 is 2.11. The van der Waals surface area contributed by atoms with Crippen molar-refractivity contribution in [2.24, 2.45) is 0 Å². The molecule has 0 amide bonds. The number of aryl methyl sites for hydroxylation is 1. The zero-order valence-electron chi connectivity index (χ0n) is 18.5. The van der Waals surface area contributed by atoms with Gasteiger partial charge in [-0.2, -0.15) is 0 Å². The standard InChI is InChI=1S/C25H26N6O2/c1-2-3-9-23-26-16-22(15-21(25(32)33)14-18-7-5-4-6-8-18)31(23)17-19-10-12-20(13-11-19)24-27-29-30-28-24/h4-8,10-13,15-16H,2-3,9,14,17H2,1H3,(H,32,33)(H,27,28,29,30). The number of benzene rings is 2. The van der Waals surface area contributed by atoms with Crippen molar-refractivity contribution in [3.63, 3.8) is 0 Å². The van der Waals surface area contributed by atoms with Crippen LogP contribution in [0.25, 0.3) is 17.5 Å². The van der Waals surface area contributed by atoms with E-state index in [1.807, 2.05) is 54.6 Å². The lowest BCUT2D eigenvalue weighted by molar-refractivity contribution is -0.132. The molecule has 0 fully saturated rings. The Balaban J connectivity index is 1.64. The molecule has 4 rings (SSSR count). The molecule has 0 radical (unpaired) electrons. The molecule has 4 aromatic rings. The lowest BCUT2D eigenvalue weighted by Crippen LogP contribution is -2.09. The number of carboxylic acids is 1. The van der Waals surface area contributed by atoms with Crippen LogP contribution in [0, 0.1) is 0 Å². The minimum Gasteiger partial charge on any atom is -0.478 e. The fourth-order valence-corrected chi connectivity index (χ4v) is 3.68. The van der Waals surface area contributed by atoms with Gasteiger partial charge >= 0.3 is 5.97 Å². The van der Waals surface area contributed by atoms with E-state index in [0.29, 0.717) is 24.4 Å². The van der Waals surface area contributed by atoms with Gasteiger partial charge in [-0.1, -0.05) is 67.9 Å². The van der Waals surface area contributed by atoms with E-state index in [1.165, 1.54) is 0 Å². The van der Waals surface area contributed by atoms with Gasteiger partial charge in [-0.05, 0) is 34.1 Å². The second kappa shape index (κ2) is 10.5. The van der Waals surface area contributed by atoms with Crippen molar-refractivity contribution in [2.75, 3.05) is 0 Å². The van der Waals surface area contributed by atoms with E-state index >= 15 is 0 Å². The third-order valence-corrected chi connectivity index (χ3v) is 5.47. The predicted molar refractivity (Wildman–Crippen MR) is 125 cm³/mol. The van der Waals surface area contributed by atoms with E-state index in [9.17, 15) is 9.90 Å². The molecule has 0 saturated heterocycles. The molecule has 0 bridgehead atoms. The Labute approximate surface area is 192 Å². The van der Waals surface area contributed by atoms with Crippen LogP contribution in [0.4, 0.5) is 0 Å². The van der Waals surface area contributed by atoms with Gasteiger partial charge in [-0.25, -0.2) is 14.9 Å². The van der Waals surface area contributed by atoms with Gasteiger partial charge in [-0.15, -0.1) is 5.10 Å². The molecule has 0 unspecified atom stereocenters. The fraction of sp³-hybridized carbons (Fsp3) is 0.240. The van der Waals surface area contributed by atoms with E-state index < -0.39 is 5.97 Å². The second-order valence-electron chi connectivity index (χ2n) is 7.87. The highest BCUT2D eigenvalue weighted by Crippen LogP contribution is 2.20. The molecule has 2 heterocycles. The molecule has 0 aliphatic heterocycles. The largest absolute Gasteiger partial charge is 0.478 e. The molecular formula is C25H26N6O2. The first kappa shape index (κ1) is 22.1. The number of nitrogens with one attached hydrogen (secondary N) is 1. The van der Waals surface area contributed by atoms with Crippen LogP contribution in [0.5, 0.6) is 0 Å². The van der Waals surface area contributed by atoms with Crippen molar-refractivity contribution in [3.05, 3.63) is 89.0 Å². The molecule has 2 aromatic carbocycles. The number of tetrazole rings is 1. The molecule has 2 aromatic heterocycles. The lowest BCUT2D eigenvalue weighted by atomic mass is 10.0. The van der Waals surface area contributed by atoms with Crippen LogP contribution in [-0.4, -0.2) is 41.3 Å². The van der Waals surface area contributed by atoms with E-state index in [4.69, 9.17) is 0 Å². The minimum absolute atomic E-state index is 0.331. The number of H-pyrrole nitrogens is 1. The minimum atomic E-state index is -0.924. The normalized spacial score (nSPS) is 11.6. The number of hydrogen-bond donors (Lipinski definition) is 2. The first-order chi connectivity index (χ1) is 16.1. The molecule has 0 atom stereocenters. The van der Waals surface area contributed by atoms with Gasteiger partial charge in [0.15, 0.2) is 5.82 Å². The summed E-state index contributed by atoms with van der Waals surface area (Å²) in [6, 6.07) is 17.6. The first-order valence-corrected chi connectivity index (χ1v) is 11.0. The number of carboxylic acid groups (broad SMARTS) is 1. The third-order valence-electron chi connectivity index (χ3n) is 5.47. The maximum absolute atomic E-state index is 12.0. The molecule has 8 heteroatoms. The number of nitrogens with zero attached hydrogens (tertiary/aromatic N) is 5. The Hall–Kier alpha value is -4.07. The Morgan fingerprint density at radius 2 is 1.88 bits per heavy atom. The van der Waals surface area contributed by atoms with Gasteiger partial charge in [0.25, 0.3) is 0 Å². The van der Waals surface area contributed by atoms with Crippen molar-refractivity contribution >= 4 is 12.0 Å². The summed E-state index contributed by atoms with van der Waals surface area (Å²) in [6.45, 7) is 2.74. The van der Waals surface area contributed by atoms with Gasteiger partial charge in [0.1, 0.15) is 5.82 Å². The number of carbonyl (C=O) groups is 1. The molecule has 0 aliphatic rings. The van der Waals surface area contributed by atoms with Crippen LogP contribution in [-0.2, 0) is 24.2 Å². The van der Waals surface area contributed by atoms with Gasteiger partial charge in [0.2, 0.25) is 0 Å². The maximum atomic E-state index is 12.0. The summed E-state index contributed by atoms with van der Waals surface area (Å²) in [4.78, 5) is 16.6. The molecule has 8 nitrogen and oxygen atoms in total. The average Bonchev–Trinajstić information content (AvgIpc) is 3.49. The predicted octanol–water partition coefficient (Wildman–Crippen LogP) is 4.16. The van der Waals surface area contributed by atoms with Crippen LogP contribution in [0.3, 0.4) is 0 Å². The molecule has 2 N–H and O–H groups in total. The van der Waals surface area contributed by atoms with Crippen LogP contribution in [0.15, 0.2) is 66.4 Å².